The number of carbonyl (C=O) groups excluding carboxylic acids is 2. The molecule has 1 heterocycles. The number of urea groups is 1. The fraction of sp³-hybridized carbons (Fsp3) is 0.208. The van der Waals surface area contributed by atoms with E-state index in [0.29, 0.717) is 35.0 Å². The highest BCUT2D eigenvalue weighted by molar-refractivity contribution is 6.04. The molecular weight excluding hydrogens is 422 g/mol. The number of methoxy groups -OCH3 is 2. The standard InChI is InChI=1S/C24H27N5O4/c1-29(2)21-10-7-17(12-19(21)23(30)26-15-16-6-5-11-25-14-16)27-24(31)28-20-9-8-18(32-3)13-22(20)33-4/h5-14H,15H2,1-4H3,(H,26,30)(H2,27,28,31). The van der Waals surface area contributed by atoms with Crippen LogP contribution in [0.1, 0.15) is 15.9 Å². The molecule has 1 aromatic heterocycles. The van der Waals surface area contributed by atoms with Crippen molar-refractivity contribution in [3.63, 3.8) is 0 Å². The van der Waals surface area contributed by atoms with Gasteiger partial charge in [0.05, 0.1) is 25.5 Å². The number of amides is 3. The number of hydrogen-bond acceptors (Lipinski definition) is 6. The van der Waals surface area contributed by atoms with E-state index in [-0.39, 0.29) is 5.91 Å². The second-order valence-corrected chi connectivity index (χ2v) is 7.32. The van der Waals surface area contributed by atoms with E-state index in [0.717, 1.165) is 11.3 Å². The molecule has 3 rings (SSSR count). The molecule has 172 valence electrons. The minimum atomic E-state index is -0.474. The van der Waals surface area contributed by atoms with Crippen LogP contribution in [0.4, 0.5) is 21.9 Å². The molecule has 2 aromatic carbocycles. The maximum absolute atomic E-state index is 12.9. The lowest BCUT2D eigenvalue weighted by Gasteiger charge is -2.19. The maximum atomic E-state index is 12.9. The second kappa shape index (κ2) is 10.9. The van der Waals surface area contributed by atoms with Crippen LogP contribution in [-0.4, -0.2) is 45.2 Å². The summed E-state index contributed by atoms with van der Waals surface area (Å²) in [5.74, 6) is 0.811. The number of benzene rings is 2. The molecule has 0 saturated carbocycles. The van der Waals surface area contributed by atoms with Gasteiger partial charge in [-0.25, -0.2) is 4.79 Å². The van der Waals surface area contributed by atoms with Gasteiger partial charge in [0.25, 0.3) is 5.91 Å². The number of pyridine rings is 1. The number of nitrogens with one attached hydrogen (secondary N) is 3. The monoisotopic (exact) mass is 449 g/mol. The van der Waals surface area contributed by atoms with Gasteiger partial charge in [-0.3, -0.25) is 9.78 Å². The van der Waals surface area contributed by atoms with Crippen molar-refractivity contribution >= 4 is 29.0 Å². The molecule has 0 unspecified atom stereocenters. The minimum absolute atomic E-state index is 0.261. The van der Waals surface area contributed by atoms with Gasteiger partial charge in [-0.2, -0.15) is 0 Å². The predicted molar refractivity (Wildman–Crippen MR) is 128 cm³/mol. The summed E-state index contributed by atoms with van der Waals surface area (Å²) in [4.78, 5) is 31.4. The molecule has 0 saturated heterocycles. The summed E-state index contributed by atoms with van der Waals surface area (Å²) in [5, 5.41) is 8.40. The predicted octanol–water partition coefficient (Wildman–Crippen LogP) is 3.74. The molecule has 0 aliphatic carbocycles. The Morgan fingerprint density at radius 3 is 2.48 bits per heavy atom. The number of carbonyl (C=O) groups is 2. The topological polar surface area (TPSA) is 105 Å². The van der Waals surface area contributed by atoms with Crippen molar-refractivity contribution in [2.45, 2.75) is 6.54 Å². The molecular formula is C24H27N5O4. The van der Waals surface area contributed by atoms with Crippen LogP contribution in [-0.2, 0) is 6.54 Å². The molecule has 0 spiro atoms. The first-order valence-corrected chi connectivity index (χ1v) is 10.2. The summed E-state index contributed by atoms with van der Waals surface area (Å²) in [5.41, 5.74) is 3.00. The molecule has 0 atom stereocenters. The first kappa shape index (κ1) is 23.4. The zero-order chi connectivity index (χ0) is 23.8. The second-order valence-electron chi connectivity index (χ2n) is 7.32. The first-order valence-electron chi connectivity index (χ1n) is 10.2. The third kappa shape index (κ3) is 6.13. The normalized spacial score (nSPS) is 10.2. The van der Waals surface area contributed by atoms with Gasteiger partial charge >= 0.3 is 6.03 Å². The summed E-state index contributed by atoms with van der Waals surface area (Å²) in [6, 6.07) is 13.4. The van der Waals surface area contributed by atoms with Crippen molar-refractivity contribution in [3.05, 3.63) is 72.1 Å². The van der Waals surface area contributed by atoms with Crippen molar-refractivity contribution in [1.29, 1.82) is 0 Å². The van der Waals surface area contributed by atoms with E-state index in [1.807, 2.05) is 31.1 Å². The molecule has 0 aliphatic rings. The van der Waals surface area contributed by atoms with Gasteiger partial charge in [0.2, 0.25) is 0 Å². The third-order valence-electron chi connectivity index (χ3n) is 4.81. The number of hydrogen-bond donors (Lipinski definition) is 3. The van der Waals surface area contributed by atoms with E-state index < -0.39 is 6.03 Å². The van der Waals surface area contributed by atoms with Crippen LogP contribution in [0.5, 0.6) is 11.5 Å². The molecule has 0 bridgehead atoms. The molecule has 3 N–H and O–H groups in total. The highest BCUT2D eigenvalue weighted by Crippen LogP contribution is 2.29. The molecule has 9 heteroatoms. The Kier molecular flexibility index (Phi) is 7.69. The summed E-state index contributed by atoms with van der Waals surface area (Å²) in [6.07, 6.45) is 3.38. The van der Waals surface area contributed by atoms with Crippen molar-refractivity contribution in [3.8, 4) is 11.5 Å². The molecule has 33 heavy (non-hydrogen) atoms. The van der Waals surface area contributed by atoms with E-state index in [1.54, 1.807) is 55.9 Å². The zero-order valence-corrected chi connectivity index (χ0v) is 19.0. The Hall–Kier alpha value is -4.27. The molecule has 3 amide bonds. The maximum Gasteiger partial charge on any atom is 0.323 e. The van der Waals surface area contributed by atoms with E-state index in [9.17, 15) is 9.59 Å². The first-order chi connectivity index (χ1) is 15.9. The van der Waals surface area contributed by atoms with Crippen LogP contribution >= 0.6 is 0 Å². The Morgan fingerprint density at radius 1 is 1.00 bits per heavy atom. The smallest absolute Gasteiger partial charge is 0.323 e. The van der Waals surface area contributed by atoms with Gasteiger partial charge in [0.15, 0.2) is 0 Å². The van der Waals surface area contributed by atoms with Gasteiger partial charge in [0, 0.05) is 50.5 Å². The average molecular weight is 450 g/mol. The Balaban J connectivity index is 1.74. The largest absolute Gasteiger partial charge is 0.497 e. The van der Waals surface area contributed by atoms with Crippen LogP contribution in [0.15, 0.2) is 60.9 Å². The van der Waals surface area contributed by atoms with Crippen molar-refractivity contribution in [1.82, 2.24) is 10.3 Å². The number of nitrogens with zero attached hydrogens (tertiary/aromatic N) is 2. The quantitative estimate of drug-likeness (QED) is 0.484. The van der Waals surface area contributed by atoms with Crippen LogP contribution in [0.25, 0.3) is 0 Å². The number of aromatic nitrogens is 1. The SMILES string of the molecule is COc1ccc(NC(=O)Nc2ccc(N(C)C)c(C(=O)NCc3cccnc3)c2)c(OC)c1. The van der Waals surface area contributed by atoms with Crippen LogP contribution in [0.3, 0.4) is 0 Å². The van der Waals surface area contributed by atoms with Crippen molar-refractivity contribution in [2.24, 2.45) is 0 Å². The van der Waals surface area contributed by atoms with Gasteiger partial charge in [-0.05, 0) is 42.0 Å². The van der Waals surface area contributed by atoms with Crippen molar-refractivity contribution in [2.75, 3.05) is 43.8 Å². The van der Waals surface area contributed by atoms with E-state index >= 15 is 0 Å². The zero-order valence-electron chi connectivity index (χ0n) is 19.0. The van der Waals surface area contributed by atoms with Crippen LogP contribution in [0, 0.1) is 0 Å². The van der Waals surface area contributed by atoms with Crippen LogP contribution < -0.4 is 30.3 Å². The fourth-order valence-electron chi connectivity index (χ4n) is 3.15. The molecule has 9 nitrogen and oxygen atoms in total. The summed E-state index contributed by atoms with van der Waals surface area (Å²) in [7, 11) is 6.76. The van der Waals surface area contributed by atoms with Crippen LogP contribution in [0.2, 0.25) is 0 Å². The lowest BCUT2D eigenvalue weighted by molar-refractivity contribution is 0.0951. The van der Waals surface area contributed by atoms with Gasteiger partial charge in [-0.15, -0.1) is 0 Å². The molecule has 0 aliphatic heterocycles. The van der Waals surface area contributed by atoms with E-state index in [4.69, 9.17) is 9.47 Å². The summed E-state index contributed by atoms with van der Waals surface area (Å²) in [6.45, 7) is 0.342. The van der Waals surface area contributed by atoms with Gasteiger partial charge in [-0.1, -0.05) is 6.07 Å². The highest BCUT2D eigenvalue weighted by atomic mass is 16.5. The van der Waals surface area contributed by atoms with E-state index in [1.165, 1.54) is 7.11 Å². The summed E-state index contributed by atoms with van der Waals surface area (Å²) < 4.78 is 10.5. The van der Waals surface area contributed by atoms with E-state index in [2.05, 4.69) is 20.9 Å². The highest BCUT2D eigenvalue weighted by Gasteiger charge is 2.16. The Morgan fingerprint density at radius 2 is 1.82 bits per heavy atom. The number of ether oxygens (including phenoxy) is 2. The third-order valence-corrected chi connectivity index (χ3v) is 4.81. The minimum Gasteiger partial charge on any atom is -0.497 e. The Bertz CT molecular complexity index is 1120. The lowest BCUT2D eigenvalue weighted by Crippen LogP contribution is -2.26. The van der Waals surface area contributed by atoms with Crippen molar-refractivity contribution < 1.29 is 19.1 Å². The molecule has 3 aromatic rings. The Labute approximate surface area is 192 Å². The number of rotatable bonds is 8. The average Bonchev–Trinajstić information content (AvgIpc) is 2.83. The fourth-order valence-corrected chi connectivity index (χ4v) is 3.15. The molecule has 0 fully saturated rings. The molecule has 0 radical (unpaired) electrons. The van der Waals surface area contributed by atoms with Gasteiger partial charge < -0.3 is 30.3 Å². The number of anilines is 3. The summed E-state index contributed by atoms with van der Waals surface area (Å²) >= 11 is 0. The van der Waals surface area contributed by atoms with Gasteiger partial charge in [0.1, 0.15) is 11.5 Å². The lowest BCUT2D eigenvalue weighted by atomic mass is 10.1.